The van der Waals surface area contributed by atoms with Crippen molar-refractivity contribution >= 4 is 23.2 Å². The molecule has 4 rings (SSSR count). The molecule has 0 aliphatic carbocycles. The molecule has 2 aromatic heterocycles. The summed E-state index contributed by atoms with van der Waals surface area (Å²) in [6, 6.07) is 8.79. The van der Waals surface area contributed by atoms with Crippen LogP contribution in [0.15, 0.2) is 54.9 Å². The molecule has 31 heavy (non-hydrogen) atoms. The topological polar surface area (TPSA) is 70.2 Å². The van der Waals surface area contributed by atoms with Crippen LogP contribution in [-0.2, 0) is 6.18 Å². The third-order valence-electron chi connectivity index (χ3n) is 4.75. The lowest BCUT2D eigenvalue weighted by Gasteiger charge is -2.22. The molecule has 2 N–H and O–H groups in total. The Labute approximate surface area is 174 Å². The van der Waals surface area contributed by atoms with Gasteiger partial charge in [0.25, 0.3) is 0 Å². The first-order chi connectivity index (χ1) is 14.8. The van der Waals surface area contributed by atoms with Gasteiger partial charge in [0.2, 0.25) is 0 Å². The number of anilines is 3. The molecule has 0 saturated heterocycles. The van der Waals surface area contributed by atoms with Crippen LogP contribution in [0.1, 0.15) is 12.0 Å². The summed E-state index contributed by atoms with van der Waals surface area (Å²) in [5, 5.41) is 5.64. The Kier molecular flexibility index (Phi) is 5.45. The second-order valence-electron chi connectivity index (χ2n) is 6.86. The highest BCUT2D eigenvalue weighted by atomic mass is 19.4. The Hall–Kier alpha value is -3.69. The molecule has 0 saturated carbocycles. The average molecular weight is 431 g/mol. The largest absolute Gasteiger partial charge is 0.416 e. The van der Waals surface area contributed by atoms with E-state index >= 15 is 0 Å². The zero-order valence-corrected chi connectivity index (χ0v) is 16.1. The number of carbonyl (C=O) groups excluding carboxylic acids is 1. The van der Waals surface area contributed by atoms with Crippen LogP contribution in [0.4, 0.5) is 39.5 Å². The minimum Gasteiger partial charge on any atom is -0.382 e. The highest BCUT2D eigenvalue weighted by molar-refractivity contribution is 6.03. The van der Waals surface area contributed by atoms with Gasteiger partial charge in [0.05, 0.1) is 28.8 Å². The quantitative estimate of drug-likeness (QED) is 0.551. The number of halogens is 4. The Morgan fingerprint density at radius 1 is 1.16 bits per heavy atom. The van der Waals surface area contributed by atoms with Crippen LogP contribution in [0.3, 0.4) is 0 Å². The maximum Gasteiger partial charge on any atom is 0.416 e. The number of rotatable bonds is 2. The van der Waals surface area contributed by atoms with Gasteiger partial charge in [-0.25, -0.2) is 14.2 Å². The van der Waals surface area contributed by atoms with Crippen LogP contribution in [0, 0.1) is 5.82 Å². The maximum absolute atomic E-state index is 13.9. The molecule has 1 aliphatic rings. The molecule has 0 unspecified atom stereocenters. The SMILES string of the molecule is O=C(Nc1ccncc1F)N1CCCNc2ccc(-c3cccc(C(F)(F)F)c3)nc21. The lowest BCUT2D eigenvalue weighted by Crippen LogP contribution is -2.36. The molecule has 3 aromatic rings. The number of urea groups is 1. The zero-order chi connectivity index (χ0) is 22.0. The van der Waals surface area contributed by atoms with Crippen molar-refractivity contribution in [1.82, 2.24) is 9.97 Å². The van der Waals surface area contributed by atoms with Crippen molar-refractivity contribution in [3.8, 4) is 11.3 Å². The van der Waals surface area contributed by atoms with Gasteiger partial charge in [-0.1, -0.05) is 12.1 Å². The van der Waals surface area contributed by atoms with E-state index in [1.807, 2.05) is 0 Å². The van der Waals surface area contributed by atoms with Gasteiger partial charge in [0.1, 0.15) is 0 Å². The molecule has 0 spiro atoms. The summed E-state index contributed by atoms with van der Waals surface area (Å²) < 4.78 is 53.2. The van der Waals surface area contributed by atoms with Crippen LogP contribution in [-0.4, -0.2) is 29.1 Å². The molecule has 1 aliphatic heterocycles. The van der Waals surface area contributed by atoms with Crippen LogP contribution in [0.5, 0.6) is 0 Å². The number of nitrogens with zero attached hydrogens (tertiary/aromatic N) is 3. The molecule has 0 fully saturated rings. The van der Waals surface area contributed by atoms with Crippen molar-refractivity contribution in [2.45, 2.75) is 12.6 Å². The van der Waals surface area contributed by atoms with E-state index in [4.69, 9.17) is 0 Å². The van der Waals surface area contributed by atoms with Gasteiger partial charge in [0, 0.05) is 24.8 Å². The van der Waals surface area contributed by atoms with Gasteiger partial charge in [-0.15, -0.1) is 0 Å². The lowest BCUT2D eigenvalue weighted by atomic mass is 10.1. The van der Waals surface area contributed by atoms with E-state index in [2.05, 4.69) is 20.6 Å². The van der Waals surface area contributed by atoms with Crippen LogP contribution in [0.25, 0.3) is 11.3 Å². The first kappa shape index (κ1) is 20.6. The Balaban J connectivity index is 1.70. The molecular formula is C21H17F4N5O. The van der Waals surface area contributed by atoms with Crippen LogP contribution >= 0.6 is 0 Å². The van der Waals surface area contributed by atoms with Crippen molar-refractivity contribution < 1.29 is 22.4 Å². The smallest absolute Gasteiger partial charge is 0.382 e. The third-order valence-corrected chi connectivity index (χ3v) is 4.75. The van der Waals surface area contributed by atoms with E-state index in [1.54, 1.807) is 12.1 Å². The zero-order valence-electron chi connectivity index (χ0n) is 16.1. The Bertz CT molecular complexity index is 1120. The van der Waals surface area contributed by atoms with Gasteiger partial charge < -0.3 is 10.6 Å². The van der Waals surface area contributed by atoms with E-state index in [-0.39, 0.29) is 29.3 Å². The second-order valence-corrected chi connectivity index (χ2v) is 6.86. The predicted molar refractivity (Wildman–Crippen MR) is 108 cm³/mol. The molecule has 6 nitrogen and oxygen atoms in total. The van der Waals surface area contributed by atoms with E-state index in [1.165, 1.54) is 29.3 Å². The highest BCUT2D eigenvalue weighted by Gasteiger charge is 2.31. The summed E-state index contributed by atoms with van der Waals surface area (Å²) in [7, 11) is 0. The fourth-order valence-electron chi connectivity index (χ4n) is 3.23. The maximum atomic E-state index is 13.9. The van der Waals surface area contributed by atoms with Crippen LogP contribution in [0.2, 0.25) is 0 Å². The molecule has 2 amide bonds. The van der Waals surface area contributed by atoms with Gasteiger partial charge in [-0.3, -0.25) is 9.88 Å². The van der Waals surface area contributed by atoms with Crippen molar-refractivity contribution in [3.63, 3.8) is 0 Å². The average Bonchev–Trinajstić information content (AvgIpc) is 2.97. The number of aromatic nitrogens is 2. The van der Waals surface area contributed by atoms with Crippen molar-refractivity contribution in [1.29, 1.82) is 0 Å². The van der Waals surface area contributed by atoms with Gasteiger partial charge in [0.15, 0.2) is 11.6 Å². The predicted octanol–water partition coefficient (Wildman–Crippen LogP) is 5.16. The molecule has 10 heteroatoms. The molecule has 1 aromatic carbocycles. The molecule has 0 radical (unpaired) electrons. The minimum atomic E-state index is -4.48. The molecule has 3 heterocycles. The fourth-order valence-corrected chi connectivity index (χ4v) is 3.23. The molecule has 0 bridgehead atoms. The number of fused-ring (bicyclic) bond motifs is 1. The number of benzene rings is 1. The molecule has 0 atom stereocenters. The van der Waals surface area contributed by atoms with E-state index in [0.29, 0.717) is 18.7 Å². The first-order valence-corrected chi connectivity index (χ1v) is 9.43. The fraction of sp³-hybridized carbons (Fsp3) is 0.190. The standard InChI is InChI=1S/C21H17F4N5O/c22-15-12-26-9-7-17(15)29-20(31)30-10-2-8-27-18-6-5-16(28-19(18)30)13-3-1-4-14(11-13)21(23,24)25/h1,3-7,9,11-12,27H,2,8,10H2,(H,26,29,31). The Morgan fingerprint density at radius 3 is 2.77 bits per heavy atom. The summed E-state index contributed by atoms with van der Waals surface area (Å²) in [4.78, 5) is 22.3. The van der Waals surface area contributed by atoms with Crippen LogP contribution < -0.4 is 15.5 Å². The van der Waals surface area contributed by atoms with Crippen molar-refractivity contribution in [2.75, 3.05) is 28.6 Å². The van der Waals surface area contributed by atoms with Crippen molar-refractivity contribution in [2.24, 2.45) is 0 Å². The van der Waals surface area contributed by atoms with E-state index in [9.17, 15) is 22.4 Å². The van der Waals surface area contributed by atoms with Gasteiger partial charge >= 0.3 is 12.2 Å². The summed E-state index contributed by atoms with van der Waals surface area (Å²) >= 11 is 0. The number of alkyl halides is 3. The van der Waals surface area contributed by atoms with Gasteiger partial charge in [-0.2, -0.15) is 13.2 Å². The highest BCUT2D eigenvalue weighted by Crippen LogP contribution is 2.34. The monoisotopic (exact) mass is 431 g/mol. The summed E-state index contributed by atoms with van der Waals surface area (Å²) in [6.07, 6.45) is -1.55. The molecule has 160 valence electrons. The Morgan fingerprint density at radius 2 is 2.00 bits per heavy atom. The lowest BCUT2D eigenvalue weighted by molar-refractivity contribution is -0.137. The normalized spacial score (nSPS) is 13.7. The molecular weight excluding hydrogens is 414 g/mol. The van der Waals surface area contributed by atoms with E-state index in [0.717, 1.165) is 18.3 Å². The minimum absolute atomic E-state index is 0.0345. The van der Waals surface area contributed by atoms with Gasteiger partial charge in [-0.05, 0) is 36.8 Å². The number of nitrogens with one attached hydrogen (secondary N) is 2. The number of pyridine rings is 2. The second kappa shape index (κ2) is 8.21. The third kappa shape index (κ3) is 4.42. The summed E-state index contributed by atoms with van der Waals surface area (Å²) in [5.41, 5.74) is 0.276. The number of amides is 2. The summed E-state index contributed by atoms with van der Waals surface area (Å²) in [6.45, 7) is 0.864. The summed E-state index contributed by atoms with van der Waals surface area (Å²) in [5.74, 6) is -0.436. The number of hydrogen-bond acceptors (Lipinski definition) is 4. The van der Waals surface area contributed by atoms with E-state index < -0.39 is 23.6 Å². The van der Waals surface area contributed by atoms with Crippen molar-refractivity contribution in [3.05, 3.63) is 66.2 Å². The number of hydrogen-bond donors (Lipinski definition) is 2. The first-order valence-electron chi connectivity index (χ1n) is 9.43. The number of carbonyl (C=O) groups is 1.